The molecule has 2 heterocycles. The number of carbonyl (C=O) groups is 2. The van der Waals surface area contributed by atoms with Crippen molar-refractivity contribution in [3.63, 3.8) is 0 Å². The number of benzene rings is 1. The van der Waals surface area contributed by atoms with Crippen molar-refractivity contribution in [2.45, 2.75) is 32.6 Å². The van der Waals surface area contributed by atoms with Crippen LogP contribution in [-0.4, -0.2) is 51.6 Å². The molecule has 0 aliphatic carbocycles. The topological polar surface area (TPSA) is 118 Å². The van der Waals surface area contributed by atoms with Gasteiger partial charge in [-0.1, -0.05) is 0 Å². The summed E-state index contributed by atoms with van der Waals surface area (Å²) in [5.74, 6) is -0.235. The number of nitro groups is 1. The Balaban J connectivity index is 1.71. The third kappa shape index (κ3) is 4.24. The quantitative estimate of drug-likeness (QED) is 0.472. The third-order valence-electron chi connectivity index (χ3n) is 4.83. The molecule has 1 aliphatic rings. The Morgan fingerprint density at radius 3 is 3.00 bits per heavy atom. The second-order valence-corrected chi connectivity index (χ2v) is 6.66. The zero-order valence-corrected chi connectivity index (χ0v) is 15.1. The molecule has 2 aromatic rings. The number of hydrogen-bond acceptors (Lipinski definition) is 6. The number of nitrogens with one attached hydrogen (secondary N) is 1. The lowest BCUT2D eigenvalue weighted by molar-refractivity contribution is -0.384. The van der Waals surface area contributed by atoms with Crippen LogP contribution in [0.4, 0.5) is 5.69 Å². The van der Waals surface area contributed by atoms with Gasteiger partial charge in [0.25, 0.3) is 11.6 Å². The summed E-state index contributed by atoms with van der Waals surface area (Å²) in [7, 11) is 0. The van der Waals surface area contributed by atoms with Gasteiger partial charge in [-0.25, -0.2) is 0 Å². The van der Waals surface area contributed by atoms with Crippen molar-refractivity contribution in [1.82, 2.24) is 15.1 Å². The molecule has 1 amide bonds. The van der Waals surface area contributed by atoms with Crippen LogP contribution in [0.5, 0.6) is 0 Å². The molecule has 1 aromatic heterocycles. The molecule has 9 nitrogen and oxygen atoms in total. The number of piperidine rings is 1. The SMILES string of the molecule is CCOC(=O)CC[C@@H]1CCCN(C(=O)c2n[nH]c3ccc([N+](=O)[O-])cc23)C1. The van der Waals surface area contributed by atoms with E-state index in [1.807, 2.05) is 0 Å². The summed E-state index contributed by atoms with van der Waals surface area (Å²) in [6, 6.07) is 4.30. The van der Waals surface area contributed by atoms with E-state index in [0.717, 1.165) is 12.8 Å². The number of fused-ring (bicyclic) bond motifs is 1. The fraction of sp³-hybridized carbons (Fsp3) is 0.500. The van der Waals surface area contributed by atoms with E-state index >= 15 is 0 Å². The number of amides is 1. The zero-order chi connectivity index (χ0) is 19.4. The van der Waals surface area contributed by atoms with Crippen LogP contribution in [0.2, 0.25) is 0 Å². The van der Waals surface area contributed by atoms with E-state index in [9.17, 15) is 19.7 Å². The maximum Gasteiger partial charge on any atom is 0.305 e. The first kappa shape index (κ1) is 18.8. The highest BCUT2D eigenvalue weighted by Crippen LogP contribution is 2.26. The summed E-state index contributed by atoms with van der Waals surface area (Å²) in [6.45, 7) is 3.30. The molecule has 1 aromatic carbocycles. The van der Waals surface area contributed by atoms with Crippen LogP contribution in [0.25, 0.3) is 10.9 Å². The molecular formula is C18H22N4O5. The molecule has 0 bridgehead atoms. The fourth-order valence-electron chi connectivity index (χ4n) is 3.47. The third-order valence-corrected chi connectivity index (χ3v) is 4.83. The van der Waals surface area contributed by atoms with Crippen LogP contribution in [0, 0.1) is 16.0 Å². The van der Waals surface area contributed by atoms with Crippen molar-refractivity contribution in [3.8, 4) is 0 Å². The van der Waals surface area contributed by atoms with E-state index in [1.165, 1.54) is 12.1 Å². The van der Waals surface area contributed by atoms with Crippen molar-refractivity contribution in [2.75, 3.05) is 19.7 Å². The lowest BCUT2D eigenvalue weighted by atomic mass is 9.93. The van der Waals surface area contributed by atoms with Crippen LogP contribution in [0.1, 0.15) is 43.1 Å². The number of nitrogens with zero attached hydrogens (tertiary/aromatic N) is 3. The van der Waals surface area contributed by atoms with Crippen molar-refractivity contribution in [2.24, 2.45) is 5.92 Å². The molecule has 0 unspecified atom stereocenters. The Kier molecular flexibility index (Phi) is 5.68. The molecule has 1 atom stereocenters. The second kappa shape index (κ2) is 8.15. The molecule has 0 radical (unpaired) electrons. The average molecular weight is 374 g/mol. The number of esters is 1. The molecule has 1 fully saturated rings. The first-order valence-electron chi connectivity index (χ1n) is 9.07. The van der Waals surface area contributed by atoms with Crippen molar-refractivity contribution in [1.29, 1.82) is 0 Å². The molecule has 27 heavy (non-hydrogen) atoms. The highest BCUT2D eigenvalue weighted by atomic mass is 16.6. The molecular weight excluding hydrogens is 352 g/mol. The first-order valence-corrected chi connectivity index (χ1v) is 9.07. The number of H-pyrrole nitrogens is 1. The lowest BCUT2D eigenvalue weighted by Crippen LogP contribution is -2.40. The number of aromatic nitrogens is 2. The van der Waals surface area contributed by atoms with E-state index in [1.54, 1.807) is 17.9 Å². The molecule has 1 N–H and O–H groups in total. The predicted octanol–water partition coefficient (Wildman–Crippen LogP) is 2.67. The number of hydrogen-bond donors (Lipinski definition) is 1. The van der Waals surface area contributed by atoms with Gasteiger partial charge in [-0.15, -0.1) is 0 Å². The Morgan fingerprint density at radius 1 is 1.44 bits per heavy atom. The standard InChI is InChI=1S/C18H22N4O5/c1-2-27-16(23)8-5-12-4-3-9-21(11-12)18(24)17-14-10-13(22(25)26)6-7-15(14)19-20-17/h6-7,10,12H,2-5,8-9,11H2,1H3,(H,19,20)/t12-/m0/s1. The normalized spacial score (nSPS) is 17.1. The summed E-state index contributed by atoms with van der Waals surface area (Å²) >= 11 is 0. The number of carbonyl (C=O) groups excluding carboxylic acids is 2. The first-order chi connectivity index (χ1) is 13.0. The van der Waals surface area contributed by atoms with Crippen LogP contribution >= 0.6 is 0 Å². The number of aromatic amines is 1. The molecule has 144 valence electrons. The summed E-state index contributed by atoms with van der Waals surface area (Å²) in [6.07, 6.45) is 2.82. The van der Waals surface area contributed by atoms with Crippen molar-refractivity contribution < 1.29 is 19.2 Å². The number of rotatable bonds is 6. The van der Waals surface area contributed by atoms with Gasteiger partial charge >= 0.3 is 5.97 Å². The van der Waals surface area contributed by atoms with E-state index in [-0.39, 0.29) is 29.2 Å². The van der Waals surface area contributed by atoms with Crippen LogP contribution < -0.4 is 0 Å². The Morgan fingerprint density at radius 2 is 2.26 bits per heavy atom. The Labute approximate surface area is 155 Å². The monoisotopic (exact) mass is 374 g/mol. The summed E-state index contributed by atoms with van der Waals surface area (Å²) in [4.78, 5) is 36.7. The van der Waals surface area contributed by atoms with E-state index in [4.69, 9.17) is 4.74 Å². The van der Waals surface area contributed by atoms with Crippen LogP contribution in [0.15, 0.2) is 18.2 Å². The summed E-state index contributed by atoms with van der Waals surface area (Å²) < 4.78 is 4.96. The van der Waals surface area contributed by atoms with Gasteiger partial charge in [0.15, 0.2) is 5.69 Å². The van der Waals surface area contributed by atoms with Gasteiger partial charge in [-0.05, 0) is 38.2 Å². The van der Waals surface area contributed by atoms with E-state index in [2.05, 4.69) is 10.2 Å². The van der Waals surface area contributed by atoms with Gasteiger partial charge in [0, 0.05) is 37.0 Å². The van der Waals surface area contributed by atoms with Crippen molar-refractivity contribution in [3.05, 3.63) is 34.0 Å². The van der Waals surface area contributed by atoms with Crippen LogP contribution in [-0.2, 0) is 9.53 Å². The fourth-order valence-corrected chi connectivity index (χ4v) is 3.47. The Hall–Kier alpha value is -2.97. The molecule has 0 saturated carbocycles. The number of non-ortho nitro benzene ring substituents is 1. The summed E-state index contributed by atoms with van der Waals surface area (Å²) in [5.41, 5.74) is 0.698. The molecule has 3 rings (SSSR count). The minimum atomic E-state index is -0.493. The van der Waals surface area contributed by atoms with E-state index in [0.29, 0.717) is 43.4 Å². The maximum absolute atomic E-state index is 12.9. The predicted molar refractivity (Wildman–Crippen MR) is 97.2 cm³/mol. The highest BCUT2D eigenvalue weighted by molar-refractivity contribution is 6.05. The van der Waals surface area contributed by atoms with Gasteiger partial charge in [-0.3, -0.25) is 24.8 Å². The minimum absolute atomic E-state index is 0.0797. The molecule has 9 heteroatoms. The summed E-state index contributed by atoms with van der Waals surface area (Å²) in [5, 5.41) is 18.3. The van der Waals surface area contributed by atoms with Crippen LogP contribution in [0.3, 0.4) is 0 Å². The lowest BCUT2D eigenvalue weighted by Gasteiger charge is -2.32. The smallest absolute Gasteiger partial charge is 0.305 e. The molecule has 1 aliphatic heterocycles. The molecule has 1 saturated heterocycles. The second-order valence-electron chi connectivity index (χ2n) is 6.66. The highest BCUT2D eigenvalue weighted by Gasteiger charge is 2.28. The van der Waals surface area contributed by atoms with Gasteiger partial charge in [0.1, 0.15) is 0 Å². The average Bonchev–Trinajstić information content (AvgIpc) is 3.09. The Bertz CT molecular complexity index is 863. The van der Waals surface area contributed by atoms with Gasteiger partial charge in [-0.2, -0.15) is 5.10 Å². The van der Waals surface area contributed by atoms with E-state index < -0.39 is 4.92 Å². The molecule has 0 spiro atoms. The van der Waals surface area contributed by atoms with Gasteiger partial charge < -0.3 is 9.64 Å². The van der Waals surface area contributed by atoms with Gasteiger partial charge in [0.05, 0.1) is 17.0 Å². The maximum atomic E-state index is 12.9. The van der Waals surface area contributed by atoms with Crippen molar-refractivity contribution >= 4 is 28.5 Å². The zero-order valence-electron chi connectivity index (χ0n) is 15.1. The number of nitro benzene ring substituents is 1. The largest absolute Gasteiger partial charge is 0.466 e. The number of likely N-dealkylation sites (tertiary alicyclic amines) is 1. The number of ether oxygens (including phenoxy) is 1. The van der Waals surface area contributed by atoms with Gasteiger partial charge in [0.2, 0.25) is 0 Å². The minimum Gasteiger partial charge on any atom is -0.466 e.